The van der Waals surface area contributed by atoms with Gasteiger partial charge in [0.1, 0.15) is 5.52 Å². The topological polar surface area (TPSA) is 55.5 Å². The molecule has 0 spiro atoms. The van der Waals surface area contributed by atoms with Crippen LogP contribution in [0.3, 0.4) is 0 Å². The summed E-state index contributed by atoms with van der Waals surface area (Å²) in [6, 6.07) is 24.7. The molecule has 160 valence electrons. The highest BCUT2D eigenvalue weighted by Crippen LogP contribution is 2.34. The van der Waals surface area contributed by atoms with Crippen LogP contribution in [0.25, 0.3) is 44.1 Å². The number of aromatic nitrogens is 1. The van der Waals surface area contributed by atoms with E-state index in [4.69, 9.17) is 14.1 Å². The Hall–Kier alpha value is -3.15. The largest absolute Gasteiger partial charge is 0.435 e. The van der Waals surface area contributed by atoms with Crippen molar-refractivity contribution in [2.45, 2.75) is 38.9 Å². The van der Waals surface area contributed by atoms with E-state index in [1.54, 1.807) is 13.8 Å². The van der Waals surface area contributed by atoms with E-state index in [9.17, 15) is 5.11 Å². The predicted octanol–water partition coefficient (Wildman–Crippen LogP) is 5.34. The molecular formula is C27H26BNO3. The molecule has 0 aliphatic rings. The van der Waals surface area contributed by atoms with Crippen molar-refractivity contribution in [3.8, 4) is 11.5 Å². The Morgan fingerprint density at radius 1 is 0.875 bits per heavy atom. The van der Waals surface area contributed by atoms with E-state index in [1.165, 1.54) is 0 Å². The Balaban J connectivity index is 1.58. The number of rotatable bonds is 5. The summed E-state index contributed by atoms with van der Waals surface area (Å²) >= 11 is 0. The highest BCUT2D eigenvalue weighted by molar-refractivity contribution is 6.47. The summed E-state index contributed by atoms with van der Waals surface area (Å²) < 4.78 is 12.3. The van der Waals surface area contributed by atoms with Crippen LogP contribution < -0.4 is 5.46 Å². The van der Waals surface area contributed by atoms with Crippen LogP contribution in [0, 0.1) is 0 Å². The Morgan fingerprint density at radius 2 is 1.59 bits per heavy atom. The van der Waals surface area contributed by atoms with Crippen LogP contribution in [-0.2, 0) is 4.65 Å². The summed E-state index contributed by atoms with van der Waals surface area (Å²) in [7, 11) is 0.426. The van der Waals surface area contributed by atoms with Crippen molar-refractivity contribution in [2.24, 2.45) is 0 Å². The molecule has 0 radical (unpaired) electrons. The van der Waals surface area contributed by atoms with Crippen LogP contribution in [0.15, 0.2) is 77.2 Å². The van der Waals surface area contributed by atoms with Crippen molar-refractivity contribution in [3.63, 3.8) is 0 Å². The molecule has 5 heteroatoms. The minimum absolute atomic E-state index is 0.426. The fourth-order valence-electron chi connectivity index (χ4n) is 3.82. The molecular weight excluding hydrogens is 397 g/mol. The molecule has 0 fully saturated rings. The SMILES string of the molecule is CC(C)(O)C(C)(C)OBc1ccc2c(ccc3ccc4nc(-c5ccccc5)oc4c32)c1. The lowest BCUT2D eigenvalue weighted by Crippen LogP contribution is -2.49. The second-order valence-electron chi connectivity index (χ2n) is 9.38. The van der Waals surface area contributed by atoms with Gasteiger partial charge in [0.15, 0.2) is 5.58 Å². The fourth-order valence-corrected chi connectivity index (χ4v) is 3.82. The zero-order chi connectivity index (χ0) is 22.5. The molecule has 0 atom stereocenters. The number of aliphatic hydroxyl groups is 1. The van der Waals surface area contributed by atoms with Crippen molar-refractivity contribution >= 4 is 45.6 Å². The smallest absolute Gasteiger partial charge is 0.309 e. The van der Waals surface area contributed by atoms with E-state index in [2.05, 4.69) is 36.4 Å². The summed E-state index contributed by atoms with van der Waals surface area (Å²) in [4.78, 5) is 4.73. The number of benzene rings is 4. The van der Waals surface area contributed by atoms with Gasteiger partial charge in [-0.15, -0.1) is 0 Å². The average Bonchev–Trinajstić information content (AvgIpc) is 3.22. The van der Waals surface area contributed by atoms with Gasteiger partial charge >= 0.3 is 7.48 Å². The highest BCUT2D eigenvalue weighted by atomic mass is 16.5. The lowest BCUT2D eigenvalue weighted by atomic mass is 9.81. The molecule has 5 aromatic rings. The summed E-state index contributed by atoms with van der Waals surface area (Å²) in [6.45, 7) is 7.36. The quantitative estimate of drug-likeness (QED) is 0.306. The molecule has 0 aliphatic heterocycles. The number of nitrogens with zero attached hydrogens (tertiary/aromatic N) is 1. The van der Waals surface area contributed by atoms with Gasteiger partial charge in [-0.3, -0.25) is 0 Å². The minimum Gasteiger partial charge on any atom is -0.435 e. The van der Waals surface area contributed by atoms with Gasteiger partial charge < -0.3 is 14.2 Å². The molecule has 5 rings (SSSR count). The number of hydrogen-bond acceptors (Lipinski definition) is 4. The predicted molar refractivity (Wildman–Crippen MR) is 133 cm³/mol. The van der Waals surface area contributed by atoms with Crippen LogP contribution >= 0.6 is 0 Å². The van der Waals surface area contributed by atoms with E-state index >= 15 is 0 Å². The Kier molecular flexibility index (Phi) is 4.84. The molecule has 0 amide bonds. The summed E-state index contributed by atoms with van der Waals surface area (Å²) in [5.41, 5.74) is 2.08. The van der Waals surface area contributed by atoms with E-state index in [0.717, 1.165) is 43.7 Å². The van der Waals surface area contributed by atoms with Gasteiger partial charge in [-0.1, -0.05) is 60.1 Å². The van der Waals surface area contributed by atoms with Crippen LogP contribution in [-0.4, -0.2) is 28.8 Å². The molecule has 0 unspecified atom stereocenters. The maximum Gasteiger partial charge on any atom is 0.309 e. The van der Waals surface area contributed by atoms with E-state index in [1.807, 2.05) is 50.2 Å². The molecule has 0 saturated heterocycles. The monoisotopic (exact) mass is 423 g/mol. The van der Waals surface area contributed by atoms with E-state index in [-0.39, 0.29) is 0 Å². The third-order valence-electron chi connectivity index (χ3n) is 6.51. The number of fused-ring (bicyclic) bond motifs is 5. The lowest BCUT2D eigenvalue weighted by Gasteiger charge is -2.37. The standard InChI is InChI=1S/C27H26BNO3/c1-26(2,30)27(3,4)32-28-20-13-14-21-19(16-20)11-10-17-12-15-22-24(23(17)21)31-25(29-22)18-8-6-5-7-9-18/h5-16,28,30H,1-4H3. The highest BCUT2D eigenvalue weighted by Gasteiger charge is 2.35. The Labute approximate surface area is 188 Å². The van der Waals surface area contributed by atoms with Gasteiger partial charge in [-0.05, 0) is 62.1 Å². The zero-order valence-corrected chi connectivity index (χ0v) is 18.8. The first kappa shape index (κ1) is 20.7. The van der Waals surface area contributed by atoms with Crippen LogP contribution in [0.1, 0.15) is 27.7 Å². The molecule has 1 aromatic heterocycles. The van der Waals surface area contributed by atoms with Crippen molar-refractivity contribution in [1.29, 1.82) is 0 Å². The van der Waals surface area contributed by atoms with Gasteiger partial charge in [0.05, 0.1) is 11.2 Å². The molecule has 0 bridgehead atoms. The third-order valence-corrected chi connectivity index (χ3v) is 6.51. The molecule has 0 saturated carbocycles. The van der Waals surface area contributed by atoms with Crippen molar-refractivity contribution < 1.29 is 14.2 Å². The van der Waals surface area contributed by atoms with Gasteiger partial charge in [0.2, 0.25) is 5.89 Å². The summed E-state index contributed by atoms with van der Waals surface area (Å²) in [5, 5.41) is 14.8. The van der Waals surface area contributed by atoms with Gasteiger partial charge in [-0.2, -0.15) is 0 Å². The Bertz CT molecular complexity index is 1430. The third kappa shape index (κ3) is 3.58. The molecule has 1 heterocycles. The molecule has 4 nitrogen and oxygen atoms in total. The number of hydrogen-bond donors (Lipinski definition) is 1. The molecule has 0 aliphatic carbocycles. The van der Waals surface area contributed by atoms with Crippen molar-refractivity contribution in [3.05, 3.63) is 72.8 Å². The minimum atomic E-state index is -0.936. The first-order chi connectivity index (χ1) is 15.2. The van der Waals surface area contributed by atoms with Crippen LogP contribution in [0.2, 0.25) is 0 Å². The number of oxazole rings is 1. The van der Waals surface area contributed by atoms with E-state index < -0.39 is 11.2 Å². The van der Waals surface area contributed by atoms with Gasteiger partial charge in [0.25, 0.3) is 0 Å². The second-order valence-corrected chi connectivity index (χ2v) is 9.38. The van der Waals surface area contributed by atoms with Gasteiger partial charge in [-0.25, -0.2) is 4.98 Å². The Morgan fingerprint density at radius 3 is 2.34 bits per heavy atom. The van der Waals surface area contributed by atoms with Gasteiger partial charge in [0, 0.05) is 10.9 Å². The van der Waals surface area contributed by atoms with E-state index in [0.29, 0.717) is 13.4 Å². The van der Waals surface area contributed by atoms with Crippen LogP contribution in [0.4, 0.5) is 0 Å². The van der Waals surface area contributed by atoms with Crippen molar-refractivity contribution in [2.75, 3.05) is 0 Å². The maximum atomic E-state index is 10.4. The summed E-state index contributed by atoms with van der Waals surface area (Å²) in [6.07, 6.45) is 0. The molecule has 4 aromatic carbocycles. The lowest BCUT2D eigenvalue weighted by molar-refractivity contribution is -0.0893. The van der Waals surface area contributed by atoms with Crippen LogP contribution in [0.5, 0.6) is 0 Å². The fraction of sp³-hybridized carbons (Fsp3) is 0.222. The molecule has 32 heavy (non-hydrogen) atoms. The van der Waals surface area contributed by atoms with Crippen molar-refractivity contribution in [1.82, 2.24) is 4.98 Å². The average molecular weight is 423 g/mol. The normalized spacial score (nSPS) is 12.7. The molecule has 1 N–H and O–H groups in total. The maximum absolute atomic E-state index is 10.4. The summed E-state index contributed by atoms with van der Waals surface area (Å²) in [5.74, 6) is 0.629. The second kappa shape index (κ2) is 7.47. The first-order valence-corrected chi connectivity index (χ1v) is 10.9. The zero-order valence-electron chi connectivity index (χ0n) is 18.8. The first-order valence-electron chi connectivity index (χ1n) is 10.9.